The first-order valence-electron chi connectivity index (χ1n) is 4.29. The van der Waals surface area contributed by atoms with E-state index in [0.29, 0.717) is 12.1 Å². The maximum absolute atomic E-state index is 12.5. The topological polar surface area (TPSA) is 12.0 Å². The van der Waals surface area contributed by atoms with Crippen LogP contribution in [0.3, 0.4) is 0 Å². The fourth-order valence-electron chi connectivity index (χ4n) is 1.10. The summed E-state index contributed by atoms with van der Waals surface area (Å²) in [6.07, 6.45) is -1.46. The Hall–Kier alpha value is -0.480. The van der Waals surface area contributed by atoms with Crippen molar-refractivity contribution >= 4 is 11.3 Å². The first-order chi connectivity index (χ1) is 6.25. The second kappa shape index (κ2) is 5.29. The van der Waals surface area contributed by atoms with Gasteiger partial charge in [0.15, 0.2) is 0 Å². The number of thiophene rings is 1. The standard InChI is InChI=1S/C9H13F2NS/c1-2-4-12-8(9(10)11)7-3-5-13-6-7/h3,5-6,8-9,12H,2,4H2,1H3. The average molecular weight is 205 g/mol. The third kappa shape index (κ3) is 3.04. The maximum Gasteiger partial charge on any atom is 0.257 e. The molecule has 0 aliphatic carbocycles. The highest BCUT2D eigenvalue weighted by atomic mass is 32.1. The zero-order chi connectivity index (χ0) is 9.68. The molecule has 13 heavy (non-hydrogen) atoms. The summed E-state index contributed by atoms with van der Waals surface area (Å²) in [5, 5.41) is 6.41. The van der Waals surface area contributed by atoms with Gasteiger partial charge in [-0.3, -0.25) is 0 Å². The van der Waals surface area contributed by atoms with Gasteiger partial charge >= 0.3 is 0 Å². The molecule has 1 rings (SSSR count). The van der Waals surface area contributed by atoms with E-state index in [4.69, 9.17) is 0 Å². The molecule has 0 fully saturated rings. The molecular formula is C9H13F2NS. The maximum atomic E-state index is 12.5. The fourth-order valence-corrected chi connectivity index (χ4v) is 1.80. The molecule has 0 aliphatic heterocycles. The Morgan fingerprint density at radius 1 is 1.54 bits per heavy atom. The minimum absolute atomic E-state index is 0.630. The SMILES string of the molecule is CCCNC(c1ccsc1)C(F)F. The van der Waals surface area contributed by atoms with Crippen LogP contribution in [0.25, 0.3) is 0 Å². The van der Waals surface area contributed by atoms with Crippen LogP contribution in [0.2, 0.25) is 0 Å². The number of rotatable bonds is 5. The molecule has 0 amide bonds. The highest BCUT2D eigenvalue weighted by Crippen LogP contribution is 2.22. The Morgan fingerprint density at radius 2 is 2.31 bits per heavy atom. The van der Waals surface area contributed by atoms with E-state index < -0.39 is 12.5 Å². The van der Waals surface area contributed by atoms with E-state index in [1.165, 1.54) is 11.3 Å². The lowest BCUT2D eigenvalue weighted by molar-refractivity contribution is 0.0987. The van der Waals surface area contributed by atoms with Crippen LogP contribution in [0.15, 0.2) is 16.8 Å². The van der Waals surface area contributed by atoms with Crippen molar-refractivity contribution in [2.45, 2.75) is 25.8 Å². The number of nitrogens with one attached hydrogen (secondary N) is 1. The van der Waals surface area contributed by atoms with Gasteiger partial charge in [0, 0.05) is 0 Å². The third-order valence-corrected chi connectivity index (χ3v) is 2.47. The predicted octanol–water partition coefficient (Wildman–Crippen LogP) is 3.05. The van der Waals surface area contributed by atoms with Gasteiger partial charge in [0.05, 0.1) is 6.04 Å². The van der Waals surface area contributed by atoms with Crippen LogP contribution < -0.4 is 5.32 Å². The summed E-state index contributed by atoms with van der Waals surface area (Å²) in [6, 6.07) is 0.940. The van der Waals surface area contributed by atoms with Crippen molar-refractivity contribution in [2.75, 3.05) is 6.54 Å². The van der Waals surface area contributed by atoms with E-state index in [0.717, 1.165) is 6.42 Å². The Labute approximate surface area is 80.8 Å². The van der Waals surface area contributed by atoms with E-state index in [9.17, 15) is 8.78 Å². The van der Waals surface area contributed by atoms with Crippen molar-refractivity contribution in [3.05, 3.63) is 22.4 Å². The van der Waals surface area contributed by atoms with Gasteiger partial charge in [-0.15, -0.1) is 0 Å². The summed E-state index contributed by atoms with van der Waals surface area (Å²) in [5.74, 6) is 0. The van der Waals surface area contributed by atoms with Crippen LogP contribution in [0.4, 0.5) is 8.78 Å². The van der Waals surface area contributed by atoms with Gasteiger partial charge in [0.25, 0.3) is 6.43 Å². The number of hydrogen-bond donors (Lipinski definition) is 1. The Balaban J connectivity index is 2.58. The molecule has 1 unspecified atom stereocenters. The smallest absolute Gasteiger partial charge is 0.257 e. The molecule has 0 radical (unpaired) electrons. The minimum Gasteiger partial charge on any atom is -0.305 e. The van der Waals surface area contributed by atoms with Crippen molar-refractivity contribution in [1.82, 2.24) is 5.32 Å². The lowest BCUT2D eigenvalue weighted by Crippen LogP contribution is -2.27. The summed E-state index contributed by atoms with van der Waals surface area (Å²) in [7, 11) is 0. The summed E-state index contributed by atoms with van der Waals surface area (Å²) in [4.78, 5) is 0. The van der Waals surface area contributed by atoms with E-state index in [2.05, 4.69) is 5.32 Å². The van der Waals surface area contributed by atoms with Gasteiger partial charge in [0.1, 0.15) is 0 Å². The number of hydrogen-bond acceptors (Lipinski definition) is 2. The molecule has 1 nitrogen and oxygen atoms in total. The van der Waals surface area contributed by atoms with Crippen molar-refractivity contribution in [2.24, 2.45) is 0 Å². The second-order valence-electron chi connectivity index (χ2n) is 2.82. The van der Waals surface area contributed by atoms with E-state index in [1.54, 1.807) is 11.4 Å². The van der Waals surface area contributed by atoms with Gasteiger partial charge in [-0.1, -0.05) is 6.92 Å². The third-order valence-electron chi connectivity index (χ3n) is 1.77. The van der Waals surface area contributed by atoms with Gasteiger partial charge in [-0.05, 0) is 35.4 Å². The molecule has 1 aromatic rings. The molecule has 0 aliphatic rings. The molecule has 1 heterocycles. The highest BCUT2D eigenvalue weighted by Gasteiger charge is 2.21. The monoisotopic (exact) mass is 205 g/mol. The van der Waals surface area contributed by atoms with Crippen molar-refractivity contribution < 1.29 is 8.78 Å². The highest BCUT2D eigenvalue weighted by molar-refractivity contribution is 7.07. The molecule has 1 atom stereocenters. The van der Waals surface area contributed by atoms with Crippen LogP contribution in [0.5, 0.6) is 0 Å². The Kier molecular flexibility index (Phi) is 4.32. The molecule has 0 aromatic carbocycles. The summed E-state index contributed by atoms with van der Waals surface area (Å²) >= 11 is 1.45. The van der Waals surface area contributed by atoms with Gasteiger partial charge in [-0.25, -0.2) is 8.78 Å². The molecule has 4 heteroatoms. The van der Waals surface area contributed by atoms with Crippen molar-refractivity contribution in [3.8, 4) is 0 Å². The molecule has 0 saturated heterocycles. The summed E-state index contributed by atoms with van der Waals surface area (Å²) < 4.78 is 25.1. The first-order valence-corrected chi connectivity index (χ1v) is 5.23. The Bertz CT molecular complexity index is 224. The average Bonchev–Trinajstić information content (AvgIpc) is 2.57. The van der Waals surface area contributed by atoms with Crippen molar-refractivity contribution in [3.63, 3.8) is 0 Å². The molecule has 0 spiro atoms. The normalized spacial score (nSPS) is 13.5. The largest absolute Gasteiger partial charge is 0.305 e. The minimum atomic E-state index is -2.33. The zero-order valence-electron chi connectivity index (χ0n) is 7.47. The van der Waals surface area contributed by atoms with Gasteiger partial charge < -0.3 is 5.32 Å². The molecular weight excluding hydrogens is 192 g/mol. The molecule has 1 aromatic heterocycles. The van der Waals surface area contributed by atoms with Crippen LogP contribution >= 0.6 is 11.3 Å². The van der Waals surface area contributed by atoms with Crippen LogP contribution in [-0.4, -0.2) is 13.0 Å². The van der Waals surface area contributed by atoms with Crippen LogP contribution in [0, 0.1) is 0 Å². The quantitative estimate of drug-likeness (QED) is 0.779. The summed E-state index contributed by atoms with van der Waals surface area (Å²) in [5.41, 5.74) is 0.688. The molecule has 74 valence electrons. The molecule has 1 N–H and O–H groups in total. The lowest BCUT2D eigenvalue weighted by atomic mass is 10.1. The first kappa shape index (κ1) is 10.6. The Morgan fingerprint density at radius 3 is 2.77 bits per heavy atom. The van der Waals surface area contributed by atoms with E-state index in [1.807, 2.05) is 12.3 Å². The zero-order valence-corrected chi connectivity index (χ0v) is 8.28. The fraction of sp³-hybridized carbons (Fsp3) is 0.556. The van der Waals surface area contributed by atoms with E-state index >= 15 is 0 Å². The van der Waals surface area contributed by atoms with Gasteiger partial charge in [0.2, 0.25) is 0 Å². The second-order valence-corrected chi connectivity index (χ2v) is 3.60. The molecule has 0 saturated carbocycles. The predicted molar refractivity (Wildman–Crippen MR) is 51.4 cm³/mol. The van der Waals surface area contributed by atoms with Crippen LogP contribution in [0.1, 0.15) is 24.9 Å². The number of halogens is 2. The lowest BCUT2D eigenvalue weighted by Gasteiger charge is -2.15. The number of alkyl halides is 2. The molecule has 0 bridgehead atoms. The summed E-state index contributed by atoms with van der Waals surface area (Å²) in [6.45, 7) is 2.59. The van der Waals surface area contributed by atoms with E-state index in [-0.39, 0.29) is 0 Å². The van der Waals surface area contributed by atoms with Crippen LogP contribution in [-0.2, 0) is 0 Å². The van der Waals surface area contributed by atoms with Gasteiger partial charge in [-0.2, -0.15) is 11.3 Å². The van der Waals surface area contributed by atoms with Crippen molar-refractivity contribution in [1.29, 1.82) is 0 Å².